The lowest BCUT2D eigenvalue weighted by Gasteiger charge is -2.17. The van der Waals surface area contributed by atoms with E-state index in [1.807, 2.05) is 37.3 Å². The predicted molar refractivity (Wildman–Crippen MR) is 70.9 cm³/mol. The molecule has 0 saturated heterocycles. The first-order valence-corrected chi connectivity index (χ1v) is 5.77. The predicted octanol–water partition coefficient (Wildman–Crippen LogP) is 2.77. The monoisotopic (exact) mass is 232 g/mol. The summed E-state index contributed by atoms with van der Waals surface area (Å²) in [5.74, 6) is -0.0835. The summed E-state index contributed by atoms with van der Waals surface area (Å²) < 4.78 is 0. The van der Waals surface area contributed by atoms with Gasteiger partial charge < -0.3 is 0 Å². The summed E-state index contributed by atoms with van der Waals surface area (Å²) in [6.07, 6.45) is 0.363. The third kappa shape index (κ3) is 4.81. The van der Waals surface area contributed by atoms with Crippen molar-refractivity contribution in [3.05, 3.63) is 35.9 Å². The van der Waals surface area contributed by atoms with Crippen LogP contribution in [0.5, 0.6) is 0 Å². The fraction of sp³-hybridized carbons (Fsp3) is 0.429. The van der Waals surface area contributed by atoms with Gasteiger partial charge in [0, 0.05) is 11.1 Å². The molecule has 0 unspecified atom stereocenters. The smallest absolute Gasteiger partial charge is 0.244 e. The Morgan fingerprint density at radius 3 is 2.35 bits per heavy atom. The fourth-order valence-corrected chi connectivity index (χ4v) is 1.13. The second kappa shape index (κ2) is 5.62. The number of nitrogens with one attached hydrogen (secondary N) is 1. The van der Waals surface area contributed by atoms with Crippen LogP contribution in [0.25, 0.3) is 0 Å². The summed E-state index contributed by atoms with van der Waals surface area (Å²) in [5.41, 5.74) is 4.48. The van der Waals surface area contributed by atoms with Gasteiger partial charge in [0.1, 0.15) is 0 Å². The third-order valence-electron chi connectivity index (χ3n) is 2.64. The molecule has 0 aliphatic heterocycles. The molecule has 1 rings (SSSR count). The van der Waals surface area contributed by atoms with Crippen molar-refractivity contribution in [2.24, 2.45) is 10.5 Å². The summed E-state index contributed by atoms with van der Waals surface area (Å²) in [6, 6.07) is 9.64. The fourth-order valence-electron chi connectivity index (χ4n) is 1.13. The molecule has 0 spiro atoms. The lowest BCUT2D eigenvalue weighted by Crippen LogP contribution is -2.25. The van der Waals surface area contributed by atoms with Crippen molar-refractivity contribution in [1.29, 1.82) is 0 Å². The normalized spacial score (nSPS) is 12.4. The Morgan fingerprint density at radius 2 is 1.82 bits per heavy atom. The van der Waals surface area contributed by atoms with Crippen molar-refractivity contribution in [2.75, 3.05) is 0 Å². The van der Waals surface area contributed by atoms with Crippen LogP contribution in [-0.2, 0) is 11.2 Å². The zero-order chi connectivity index (χ0) is 12.9. The van der Waals surface area contributed by atoms with Crippen LogP contribution in [0.15, 0.2) is 35.4 Å². The Labute approximate surface area is 103 Å². The highest BCUT2D eigenvalue weighted by atomic mass is 16.2. The van der Waals surface area contributed by atoms with Gasteiger partial charge in [-0.1, -0.05) is 51.1 Å². The molecule has 1 N–H and O–H groups in total. The van der Waals surface area contributed by atoms with Crippen LogP contribution in [0, 0.1) is 5.41 Å². The average Bonchev–Trinajstić information content (AvgIpc) is 2.26. The maximum Gasteiger partial charge on any atom is 0.244 e. The number of hydrazone groups is 1. The molecule has 1 aromatic rings. The van der Waals surface area contributed by atoms with Gasteiger partial charge in [-0.25, -0.2) is 5.43 Å². The lowest BCUT2D eigenvalue weighted by molar-refractivity contribution is -0.120. The van der Waals surface area contributed by atoms with Crippen LogP contribution in [0.1, 0.15) is 33.3 Å². The maximum absolute atomic E-state index is 11.6. The van der Waals surface area contributed by atoms with Crippen LogP contribution in [0.2, 0.25) is 0 Å². The Morgan fingerprint density at radius 1 is 1.24 bits per heavy atom. The number of hydrogen-bond donors (Lipinski definition) is 1. The summed E-state index contributed by atoms with van der Waals surface area (Å²) in [5, 5.41) is 4.11. The molecule has 0 aromatic heterocycles. The van der Waals surface area contributed by atoms with Crippen LogP contribution < -0.4 is 5.43 Å². The molecular weight excluding hydrogens is 212 g/mol. The molecule has 92 valence electrons. The van der Waals surface area contributed by atoms with Crippen molar-refractivity contribution in [3.63, 3.8) is 0 Å². The largest absolute Gasteiger partial charge is 0.273 e. The van der Waals surface area contributed by atoms with Crippen LogP contribution in [0.3, 0.4) is 0 Å². The quantitative estimate of drug-likeness (QED) is 0.632. The van der Waals surface area contributed by atoms with Crippen LogP contribution in [-0.4, -0.2) is 11.6 Å². The summed E-state index contributed by atoms with van der Waals surface area (Å²) >= 11 is 0. The molecule has 1 aromatic carbocycles. The Bertz CT molecular complexity index is 402. The average molecular weight is 232 g/mol. The van der Waals surface area contributed by atoms with Crippen molar-refractivity contribution in [2.45, 2.75) is 34.1 Å². The third-order valence-corrected chi connectivity index (χ3v) is 2.64. The molecule has 0 radical (unpaired) electrons. The molecule has 0 aliphatic carbocycles. The first-order chi connectivity index (χ1) is 7.89. The van der Waals surface area contributed by atoms with Gasteiger partial charge in [0.05, 0.1) is 6.42 Å². The van der Waals surface area contributed by atoms with Crippen molar-refractivity contribution in [3.8, 4) is 0 Å². The summed E-state index contributed by atoms with van der Waals surface area (Å²) in [6.45, 7) is 8.11. The number of carbonyl (C=O) groups excluding carboxylic acids is 1. The van der Waals surface area contributed by atoms with Crippen molar-refractivity contribution >= 4 is 11.6 Å². The van der Waals surface area contributed by atoms with E-state index in [0.717, 1.165) is 11.3 Å². The molecule has 0 heterocycles. The van der Waals surface area contributed by atoms with E-state index in [0.29, 0.717) is 6.42 Å². The zero-order valence-corrected chi connectivity index (χ0v) is 10.9. The molecule has 17 heavy (non-hydrogen) atoms. The van der Waals surface area contributed by atoms with Gasteiger partial charge in [-0.2, -0.15) is 5.10 Å². The number of rotatable bonds is 3. The molecular formula is C14H20N2O. The van der Waals surface area contributed by atoms with Gasteiger partial charge in [0.2, 0.25) is 5.91 Å². The lowest BCUT2D eigenvalue weighted by atomic mass is 9.91. The van der Waals surface area contributed by atoms with E-state index in [9.17, 15) is 4.79 Å². The highest BCUT2D eigenvalue weighted by Gasteiger charge is 2.14. The second-order valence-electron chi connectivity index (χ2n) is 5.14. The highest BCUT2D eigenvalue weighted by Crippen LogP contribution is 2.14. The minimum atomic E-state index is -0.0835. The van der Waals surface area contributed by atoms with E-state index in [1.165, 1.54) is 0 Å². The van der Waals surface area contributed by atoms with E-state index in [2.05, 4.69) is 31.3 Å². The van der Waals surface area contributed by atoms with E-state index in [1.54, 1.807) is 0 Å². The minimum Gasteiger partial charge on any atom is -0.273 e. The molecule has 0 bridgehead atoms. The standard InChI is InChI=1S/C14H20N2O/c1-11(14(2,3)4)15-16-13(17)10-12-8-6-5-7-9-12/h5-9H,10H2,1-4H3,(H,16,17)/b15-11-. The first kappa shape index (κ1) is 13.4. The summed E-state index contributed by atoms with van der Waals surface area (Å²) in [4.78, 5) is 11.6. The number of amides is 1. The maximum atomic E-state index is 11.6. The number of hydrogen-bond acceptors (Lipinski definition) is 2. The molecule has 0 aliphatic rings. The molecule has 3 nitrogen and oxygen atoms in total. The van der Waals surface area contributed by atoms with Crippen molar-refractivity contribution in [1.82, 2.24) is 5.43 Å². The van der Waals surface area contributed by atoms with Gasteiger partial charge >= 0.3 is 0 Å². The molecule has 0 atom stereocenters. The molecule has 0 fully saturated rings. The van der Waals surface area contributed by atoms with E-state index < -0.39 is 0 Å². The molecule has 3 heteroatoms. The number of carbonyl (C=O) groups is 1. The summed E-state index contributed by atoms with van der Waals surface area (Å²) in [7, 11) is 0. The van der Waals surface area contributed by atoms with Crippen molar-refractivity contribution < 1.29 is 4.79 Å². The number of benzene rings is 1. The Hall–Kier alpha value is -1.64. The van der Waals surface area contributed by atoms with E-state index in [-0.39, 0.29) is 11.3 Å². The number of nitrogens with zero attached hydrogens (tertiary/aromatic N) is 1. The van der Waals surface area contributed by atoms with Gasteiger partial charge in [-0.15, -0.1) is 0 Å². The van der Waals surface area contributed by atoms with E-state index >= 15 is 0 Å². The van der Waals surface area contributed by atoms with Gasteiger partial charge in [0.25, 0.3) is 0 Å². The van der Waals surface area contributed by atoms with Crippen LogP contribution in [0.4, 0.5) is 0 Å². The Balaban J connectivity index is 2.52. The van der Waals surface area contributed by atoms with Gasteiger partial charge in [-0.05, 0) is 12.5 Å². The highest BCUT2D eigenvalue weighted by molar-refractivity contribution is 5.88. The van der Waals surface area contributed by atoms with E-state index in [4.69, 9.17) is 0 Å². The Kier molecular flexibility index (Phi) is 4.44. The first-order valence-electron chi connectivity index (χ1n) is 5.77. The zero-order valence-electron chi connectivity index (χ0n) is 10.9. The SMILES string of the molecule is C/C(=N/NC(=O)Cc1ccccc1)C(C)(C)C. The minimum absolute atomic E-state index is 0.0139. The van der Waals surface area contributed by atoms with Crippen LogP contribution >= 0.6 is 0 Å². The van der Waals surface area contributed by atoms with Gasteiger partial charge in [0.15, 0.2) is 0 Å². The molecule has 0 saturated carbocycles. The molecule has 1 amide bonds. The topological polar surface area (TPSA) is 41.5 Å². The van der Waals surface area contributed by atoms with Gasteiger partial charge in [-0.3, -0.25) is 4.79 Å². The second-order valence-corrected chi connectivity index (χ2v) is 5.14.